The first-order valence-electron chi connectivity index (χ1n) is 6.67. The summed E-state index contributed by atoms with van der Waals surface area (Å²) in [6.07, 6.45) is 5.96. The smallest absolute Gasteiger partial charge is 0.148 e. The lowest BCUT2D eigenvalue weighted by Gasteiger charge is -2.22. The van der Waals surface area contributed by atoms with Gasteiger partial charge in [0.15, 0.2) is 0 Å². The van der Waals surface area contributed by atoms with Crippen LogP contribution in [0, 0.1) is 18.3 Å². The number of hydrogen-bond acceptors (Lipinski definition) is 3. The summed E-state index contributed by atoms with van der Waals surface area (Å²) < 4.78 is 5.51. The molecule has 0 saturated carbocycles. The number of hydrogen-bond donors (Lipinski definition) is 2. The Bertz CT molecular complexity index is 409. The summed E-state index contributed by atoms with van der Waals surface area (Å²) in [5.41, 5.74) is 1.08. The van der Waals surface area contributed by atoms with Crippen LogP contribution in [-0.2, 0) is 6.54 Å². The molecular weight excluding hydrogens is 238 g/mol. The summed E-state index contributed by atoms with van der Waals surface area (Å²) in [4.78, 5) is 0. The maximum atomic E-state index is 9.07. The zero-order chi connectivity index (χ0) is 14.1. The zero-order valence-corrected chi connectivity index (χ0v) is 11.7. The molecule has 2 N–H and O–H groups in total. The van der Waals surface area contributed by atoms with Gasteiger partial charge in [-0.05, 0) is 18.4 Å². The topological polar surface area (TPSA) is 41.5 Å². The van der Waals surface area contributed by atoms with Crippen LogP contribution in [0.3, 0.4) is 0 Å². The third kappa shape index (κ3) is 5.34. The Labute approximate surface area is 116 Å². The fourth-order valence-corrected chi connectivity index (χ4v) is 1.96. The highest BCUT2D eigenvalue weighted by Gasteiger charge is 2.13. The van der Waals surface area contributed by atoms with Gasteiger partial charge in [-0.1, -0.05) is 38.0 Å². The molecule has 1 aromatic carbocycles. The van der Waals surface area contributed by atoms with E-state index in [-0.39, 0.29) is 13.2 Å². The minimum Gasteiger partial charge on any atom is -0.481 e. The van der Waals surface area contributed by atoms with E-state index in [1.807, 2.05) is 24.3 Å². The van der Waals surface area contributed by atoms with E-state index in [2.05, 4.69) is 25.1 Å². The molecule has 1 atom stereocenters. The van der Waals surface area contributed by atoms with Crippen LogP contribution in [-0.4, -0.2) is 24.4 Å². The van der Waals surface area contributed by atoms with Crippen LogP contribution >= 0.6 is 0 Å². The van der Waals surface area contributed by atoms with Crippen molar-refractivity contribution in [1.29, 1.82) is 0 Å². The van der Waals surface area contributed by atoms with Crippen molar-refractivity contribution in [2.45, 2.75) is 32.9 Å². The lowest BCUT2D eigenvalue weighted by Crippen LogP contribution is -2.34. The highest BCUT2D eigenvalue weighted by atomic mass is 16.5. The first-order chi connectivity index (χ1) is 9.19. The van der Waals surface area contributed by atoms with Crippen molar-refractivity contribution in [1.82, 2.24) is 5.32 Å². The predicted molar refractivity (Wildman–Crippen MR) is 77.9 cm³/mol. The largest absolute Gasteiger partial charge is 0.481 e. The summed E-state index contributed by atoms with van der Waals surface area (Å²) in [7, 11) is 0. The van der Waals surface area contributed by atoms with Gasteiger partial charge in [-0.2, -0.15) is 0 Å². The van der Waals surface area contributed by atoms with Gasteiger partial charge in [0.2, 0.25) is 0 Å². The molecule has 0 aliphatic carbocycles. The number of terminal acetylenes is 1. The Morgan fingerprint density at radius 1 is 1.37 bits per heavy atom. The quantitative estimate of drug-likeness (QED) is 0.705. The van der Waals surface area contributed by atoms with E-state index in [0.29, 0.717) is 18.5 Å². The molecule has 19 heavy (non-hydrogen) atoms. The van der Waals surface area contributed by atoms with Gasteiger partial charge in [0, 0.05) is 24.8 Å². The molecule has 3 nitrogen and oxygen atoms in total. The Hall–Kier alpha value is -1.50. The molecule has 1 unspecified atom stereocenters. The second kappa shape index (κ2) is 8.58. The van der Waals surface area contributed by atoms with Gasteiger partial charge in [-0.15, -0.1) is 6.42 Å². The maximum Gasteiger partial charge on any atom is 0.148 e. The molecule has 0 aromatic heterocycles. The SMILES string of the molecule is C#CCOc1ccccc1CNC(CCO)C(C)C. The number of nitrogens with one attached hydrogen (secondary N) is 1. The summed E-state index contributed by atoms with van der Waals surface area (Å²) in [6, 6.07) is 8.16. The van der Waals surface area contributed by atoms with Crippen molar-refractivity contribution >= 4 is 0 Å². The first-order valence-corrected chi connectivity index (χ1v) is 6.67. The minimum atomic E-state index is 0.199. The number of rotatable bonds is 8. The molecule has 0 aliphatic rings. The number of para-hydroxylation sites is 1. The molecule has 0 spiro atoms. The summed E-state index contributed by atoms with van der Waals surface area (Å²) in [6.45, 7) is 5.48. The number of aliphatic hydroxyl groups is 1. The van der Waals surface area contributed by atoms with Crippen molar-refractivity contribution in [3.05, 3.63) is 29.8 Å². The standard InChI is InChI=1S/C16H23NO2/c1-4-11-19-16-8-6-5-7-14(16)12-17-15(9-10-18)13(2)3/h1,5-8,13,15,17-18H,9-12H2,2-3H3. The molecule has 0 bridgehead atoms. The molecule has 0 amide bonds. The maximum absolute atomic E-state index is 9.07. The number of ether oxygens (including phenoxy) is 1. The van der Waals surface area contributed by atoms with Crippen molar-refractivity contribution in [3.63, 3.8) is 0 Å². The fraction of sp³-hybridized carbons (Fsp3) is 0.500. The van der Waals surface area contributed by atoms with Crippen LogP contribution < -0.4 is 10.1 Å². The van der Waals surface area contributed by atoms with Crippen LogP contribution in [0.4, 0.5) is 0 Å². The molecule has 3 heteroatoms. The van der Waals surface area contributed by atoms with Gasteiger partial charge in [0.25, 0.3) is 0 Å². The normalized spacial score (nSPS) is 12.2. The molecule has 1 aromatic rings. The van der Waals surface area contributed by atoms with Crippen molar-refractivity contribution < 1.29 is 9.84 Å². The van der Waals surface area contributed by atoms with Crippen molar-refractivity contribution in [2.24, 2.45) is 5.92 Å². The van der Waals surface area contributed by atoms with Gasteiger partial charge < -0.3 is 15.2 Å². The molecule has 0 aliphatic heterocycles. The van der Waals surface area contributed by atoms with Crippen LogP contribution in [0.25, 0.3) is 0 Å². The fourth-order valence-electron chi connectivity index (χ4n) is 1.96. The molecule has 104 valence electrons. The lowest BCUT2D eigenvalue weighted by atomic mass is 10.0. The summed E-state index contributed by atoms with van der Waals surface area (Å²) >= 11 is 0. The average Bonchev–Trinajstić information content (AvgIpc) is 2.41. The molecule has 0 radical (unpaired) electrons. The van der Waals surface area contributed by atoms with Crippen LogP contribution in [0.5, 0.6) is 5.75 Å². The molecular formula is C16H23NO2. The van der Waals surface area contributed by atoms with E-state index in [9.17, 15) is 0 Å². The summed E-state index contributed by atoms with van der Waals surface area (Å²) in [5, 5.41) is 12.5. The highest BCUT2D eigenvalue weighted by Crippen LogP contribution is 2.18. The zero-order valence-electron chi connectivity index (χ0n) is 11.7. The number of aliphatic hydroxyl groups excluding tert-OH is 1. The minimum absolute atomic E-state index is 0.199. The molecule has 0 fully saturated rings. The monoisotopic (exact) mass is 261 g/mol. The average molecular weight is 261 g/mol. The Balaban J connectivity index is 2.63. The van der Waals surface area contributed by atoms with Gasteiger partial charge in [0.1, 0.15) is 12.4 Å². The third-order valence-corrected chi connectivity index (χ3v) is 3.08. The second-order valence-electron chi connectivity index (χ2n) is 4.84. The Kier molecular flexibility index (Phi) is 7.02. The van der Waals surface area contributed by atoms with E-state index < -0.39 is 0 Å². The van der Waals surface area contributed by atoms with Crippen molar-refractivity contribution in [3.8, 4) is 18.1 Å². The first kappa shape index (κ1) is 15.6. The van der Waals surface area contributed by atoms with Crippen LogP contribution in [0.2, 0.25) is 0 Å². The second-order valence-corrected chi connectivity index (χ2v) is 4.84. The Morgan fingerprint density at radius 3 is 2.74 bits per heavy atom. The number of benzene rings is 1. The molecule has 0 saturated heterocycles. The van der Waals surface area contributed by atoms with E-state index in [1.165, 1.54) is 0 Å². The predicted octanol–water partition coefficient (Wildman–Crippen LogP) is 2.20. The van der Waals surface area contributed by atoms with Gasteiger partial charge >= 0.3 is 0 Å². The van der Waals surface area contributed by atoms with E-state index >= 15 is 0 Å². The van der Waals surface area contributed by atoms with Gasteiger partial charge in [-0.25, -0.2) is 0 Å². The molecule has 0 heterocycles. The van der Waals surface area contributed by atoms with Crippen LogP contribution in [0.1, 0.15) is 25.8 Å². The van der Waals surface area contributed by atoms with Crippen LogP contribution in [0.15, 0.2) is 24.3 Å². The lowest BCUT2D eigenvalue weighted by molar-refractivity contribution is 0.243. The summed E-state index contributed by atoms with van der Waals surface area (Å²) in [5.74, 6) is 3.77. The highest BCUT2D eigenvalue weighted by molar-refractivity contribution is 5.33. The van der Waals surface area contributed by atoms with E-state index in [1.54, 1.807) is 0 Å². The van der Waals surface area contributed by atoms with E-state index in [4.69, 9.17) is 16.3 Å². The van der Waals surface area contributed by atoms with E-state index in [0.717, 1.165) is 17.7 Å². The van der Waals surface area contributed by atoms with Crippen molar-refractivity contribution in [2.75, 3.05) is 13.2 Å². The Morgan fingerprint density at radius 2 is 2.11 bits per heavy atom. The third-order valence-electron chi connectivity index (χ3n) is 3.08. The van der Waals surface area contributed by atoms with Gasteiger partial charge in [-0.3, -0.25) is 0 Å². The molecule has 1 rings (SSSR count). The van der Waals surface area contributed by atoms with Gasteiger partial charge in [0.05, 0.1) is 0 Å².